The molecule has 2 heteroatoms. The van der Waals surface area contributed by atoms with Crippen LogP contribution in [0.4, 0.5) is 5.69 Å². The molecule has 0 radical (unpaired) electrons. The molecule has 0 unspecified atom stereocenters. The average Bonchev–Trinajstić information content (AvgIpc) is 2.13. The number of methoxy groups -OCH3 is 1. The van der Waals surface area contributed by atoms with Crippen molar-refractivity contribution in [2.45, 2.75) is 28.2 Å². The third-order valence-electron chi connectivity index (χ3n) is 1.48. The second kappa shape index (κ2) is 7.47. The van der Waals surface area contributed by atoms with Gasteiger partial charge in [-0.15, -0.1) is 0 Å². The SMILES string of the molecule is C.CC.COc1ccc(N)c(C)c1. The summed E-state index contributed by atoms with van der Waals surface area (Å²) in [5.74, 6) is 0.853. The Morgan fingerprint density at radius 3 is 2.15 bits per heavy atom. The van der Waals surface area contributed by atoms with Gasteiger partial charge < -0.3 is 10.5 Å². The summed E-state index contributed by atoms with van der Waals surface area (Å²) in [4.78, 5) is 0. The van der Waals surface area contributed by atoms with E-state index in [1.165, 1.54) is 0 Å². The van der Waals surface area contributed by atoms with Crippen LogP contribution in [0, 0.1) is 6.92 Å². The van der Waals surface area contributed by atoms with E-state index in [4.69, 9.17) is 10.5 Å². The zero-order valence-corrected chi connectivity index (χ0v) is 8.22. The largest absolute Gasteiger partial charge is 0.497 e. The van der Waals surface area contributed by atoms with E-state index in [0.29, 0.717) is 0 Å². The smallest absolute Gasteiger partial charge is 0.119 e. The quantitative estimate of drug-likeness (QED) is 0.678. The summed E-state index contributed by atoms with van der Waals surface area (Å²) in [6, 6.07) is 5.60. The second-order valence-electron chi connectivity index (χ2n) is 2.22. The van der Waals surface area contributed by atoms with Crippen LogP contribution in [0.1, 0.15) is 26.8 Å². The summed E-state index contributed by atoms with van der Waals surface area (Å²) in [7, 11) is 1.64. The highest BCUT2D eigenvalue weighted by molar-refractivity contribution is 5.49. The van der Waals surface area contributed by atoms with Gasteiger partial charge in [0.15, 0.2) is 0 Å². The predicted molar refractivity (Wildman–Crippen MR) is 60.2 cm³/mol. The van der Waals surface area contributed by atoms with Crippen LogP contribution in [-0.2, 0) is 0 Å². The van der Waals surface area contributed by atoms with Gasteiger partial charge in [0, 0.05) is 5.69 Å². The molecule has 0 bridgehead atoms. The molecule has 0 aliphatic carbocycles. The van der Waals surface area contributed by atoms with E-state index in [1.807, 2.05) is 39.0 Å². The van der Waals surface area contributed by atoms with Crippen LogP contribution in [-0.4, -0.2) is 7.11 Å². The van der Waals surface area contributed by atoms with Crippen LogP contribution in [0.25, 0.3) is 0 Å². The van der Waals surface area contributed by atoms with Gasteiger partial charge in [-0.1, -0.05) is 21.3 Å². The first-order valence-corrected chi connectivity index (χ1v) is 4.14. The number of hydrogen-bond acceptors (Lipinski definition) is 2. The third-order valence-corrected chi connectivity index (χ3v) is 1.48. The Morgan fingerprint density at radius 2 is 1.77 bits per heavy atom. The number of aryl methyl sites for hydroxylation is 1. The molecule has 0 saturated heterocycles. The molecule has 0 saturated carbocycles. The summed E-state index contributed by atoms with van der Waals surface area (Å²) >= 11 is 0. The molecule has 13 heavy (non-hydrogen) atoms. The highest BCUT2D eigenvalue weighted by atomic mass is 16.5. The van der Waals surface area contributed by atoms with E-state index in [1.54, 1.807) is 7.11 Å². The summed E-state index contributed by atoms with van der Waals surface area (Å²) < 4.78 is 4.99. The zero-order chi connectivity index (χ0) is 9.56. The number of nitrogen functional groups attached to an aromatic ring is 1. The van der Waals surface area contributed by atoms with Crippen molar-refractivity contribution in [2.24, 2.45) is 0 Å². The van der Waals surface area contributed by atoms with Gasteiger partial charge in [0.05, 0.1) is 7.11 Å². The number of rotatable bonds is 1. The van der Waals surface area contributed by atoms with E-state index >= 15 is 0 Å². The summed E-state index contributed by atoms with van der Waals surface area (Å²) in [5, 5.41) is 0. The molecule has 0 aromatic heterocycles. The first-order valence-electron chi connectivity index (χ1n) is 4.14. The van der Waals surface area contributed by atoms with E-state index in [2.05, 4.69) is 0 Å². The van der Waals surface area contributed by atoms with Gasteiger partial charge in [-0.2, -0.15) is 0 Å². The fraction of sp³-hybridized carbons (Fsp3) is 0.455. The normalized spacial score (nSPS) is 7.69. The van der Waals surface area contributed by atoms with Crippen LogP contribution in [0.15, 0.2) is 18.2 Å². The Morgan fingerprint density at radius 1 is 1.23 bits per heavy atom. The van der Waals surface area contributed by atoms with Crippen molar-refractivity contribution in [3.8, 4) is 5.75 Å². The van der Waals surface area contributed by atoms with E-state index in [9.17, 15) is 0 Å². The van der Waals surface area contributed by atoms with Crippen LogP contribution < -0.4 is 10.5 Å². The molecular formula is C11H21NO. The third kappa shape index (κ3) is 4.41. The van der Waals surface area contributed by atoms with Gasteiger partial charge >= 0.3 is 0 Å². The number of nitrogens with two attached hydrogens (primary N) is 1. The molecule has 2 N–H and O–H groups in total. The van der Waals surface area contributed by atoms with Gasteiger partial charge in [0.25, 0.3) is 0 Å². The minimum atomic E-state index is 0. The second-order valence-corrected chi connectivity index (χ2v) is 2.22. The summed E-state index contributed by atoms with van der Waals surface area (Å²) in [5.41, 5.74) is 7.45. The lowest BCUT2D eigenvalue weighted by Gasteiger charge is -2.02. The fourth-order valence-corrected chi connectivity index (χ4v) is 0.775. The topological polar surface area (TPSA) is 35.2 Å². The molecule has 0 atom stereocenters. The molecule has 1 rings (SSSR count). The van der Waals surface area contributed by atoms with Crippen molar-refractivity contribution in [1.82, 2.24) is 0 Å². The maximum atomic E-state index is 5.59. The average molecular weight is 183 g/mol. The van der Waals surface area contributed by atoms with Gasteiger partial charge in [-0.25, -0.2) is 0 Å². The standard InChI is InChI=1S/C8H11NO.C2H6.CH4/c1-6-5-7(10-2)3-4-8(6)9;1-2;/h3-5H,9H2,1-2H3;1-2H3;1H4. The number of benzene rings is 1. The zero-order valence-electron chi connectivity index (χ0n) is 8.22. The first kappa shape index (κ1) is 14.3. The molecule has 0 spiro atoms. The van der Waals surface area contributed by atoms with Gasteiger partial charge in [0.1, 0.15) is 5.75 Å². The summed E-state index contributed by atoms with van der Waals surface area (Å²) in [6.45, 7) is 5.96. The molecule has 1 aromatic rings. The molecule has 0 aliphatic heterocycles. The Hall–Kier alpha value is -1.18. The number of anilines is 1. The highest BCUT2D eigenvalue weighted by Gasteiger charge is 1.93. The minimum absolute atomic E-state index is 0. The van der Waals surface area contributed by atoms with Crippen LogP contribution in [0.5, 0.6) is 5.75 Å². The Labute approximate surface area is 81.7 Å². The van der Waals surface area contributed by atoms with Crippen molar-refractivity contribution in [1.29, 1.82) is 0 Å². The minimum Gasteiger partial charge on any atom is -0.497 e. The van der Waals surface area contributed by atoms with Gasteiger partial charge in [0.2, 0.25) is 0 Å². The number of hydrogen-bond donors (Lipinski definition) is 1. The molecule has 0 amide bonds. The fourth-order valence-electron chi connectivity index (χ4n) is 0.775. The van der Waals surface area contributed by atoms with E-state index in [0.717, 1.165) is 17.0 Å². The maximum absolute atomic E-state index is 5.59. The molecule has 1 aromatic carbocycles. The molecule has 2 nitrogen and oxygen atoms in total. The van der Waals surface area contributed by atoms with Crippen molar-refractivity contribution in [3.05, 3.63) is 23.8 Å². The van der Waals surface area contributed by atoms with E-state index in [-0.39, 0.29) is 7.43 Å². The van der Waals surface area contributed by atoms with Crippen LogP contribution >= 0.6 is 0 Å². The number of ether oxygens (including phenoxy) is 1. The molecule has 0 fully saturated rings. The lowest BCUT2D eigenvalue weighted by Crippen LogP contribution is -1.90. The Balaban J connectivity index is 0. The van der Waals surface area contributed by atoms with Crippen LogP contribution in [0.3, 0.4) is 0 Å². The Kier molecular flexibility index (Phi) is 8.24. The lowest BCUT2D eigenvalue weighted by molar-refractivity contribution is 0.414. The van der Waals surface area contributed by atoms with Gasteiger partial charge in [-0.3, -0.25) is 0 Å². The first-order chi connectivity index (χ1) is 5.74. The molecule has 0 heterocycles. The highest BCUT2D eigenvalue weighted by Crippen LogP contribution is 2.17. The molecule has 76 valence electrons. The Bertz CT molecular complexity index is 234. The van der Waals surface area contributed by atoms with Gasteiger partial charge in [-0.05, 0) is 30.7 Å². The molecular weight excluding hydrogens is 162 g/mol. The maximum Gasteiger partial charge on any atom is 0.119 e. The summed E-state index contributed by atoms with van der Waals surface area (Å²) in [6.07, 6.45) is 0. The predicted octanol–water partition coefficient (Wildman–Crippen LogP) is 3.25. The molecule has 0 aliphatic rings. The lowest BCUT2D eigenvalue weighted by atomic mass is 10.2. The van der Waals surface area contributed by atoms with Crippen molar-refractivity contribution >= 4 is 5.69 Å². The monoisotopic (exact) mass is 183 g/mol. The van der Waals surface area contributed by atoms with Crippen molar-refractivity contribution in [2.75, 3.05) is 12.8 Å². The van der Waals surface area contributed by atoms with Crippen molar-refractivity contribution < 1.29 is 4.74 Å². The van der Waals surface area contributed by atoms with Crippen molar-refractivity contribution in [3.63, 3.8) is 0 Å². The van der Waals surface area contributed by atoms with Crippen LogP contribution in [0.2, 0.25) is 0 Å². The van der Waals surface area contributed by atoms with E-state index < -0.39 is 0 Å².